The van der Waals surface area contributed by atoms with Gasteiger partial charge in [0.15, 0.2) is 15.8 Å². The molecule has 3 rings (SSSR count). The number of rotatable bonds is 6. The van der Waals surface area contributed by atoms with Crippen LogP contribution in [0.15, 0.2) is 35.3 Å². The second-order valence-corrected chi connectivity index (χ2v) is 11.6. The van der Waals surface area contributed by atoms with Gasteiger partial charge in [0.1, 0.15) is 0 Å². The van der Waals surface area contributed by atoms with Gasteiger partial charge < -0.3 is 10.2 Å². The number of hydrogen-bond donors (Lipinski definition) is 1. The van der Waals surface area contributed by atoms with Gasteiger partial charge in [-0.05, 0) is 26.3 Å². The van der Waals surface area contributed by atoms with E-state index in [0.29, 0.717) is 13.1 Å². The van der Waals surface area contributed by atoms with Gasteiger partial charge in [0.2, 0.25) is 0 Å². The summed E-state index contributed by atoms with van der Waals surface area (Å²) in [5.41, 5.74) is 1.37. The lowest BCUT2D eigenvalue weighted by Crippen LogP contribution is -2.57. The van der Waals surface area contributed by atoms with E-state index < -0.39 is 14.6 Å². The fourth-order valence-electron chi connectivity index (χ4n) is 4.06. The molecule has 176 valence electrons. The summed E-state index contributed by atoms with van der Waals surface area (Å²) in [7, 11) is -3.05. The van der Waals surface area contributed by atoms with Crippen molar-refractivity contribution >= 4 is 39.8 Å². The molecule has 2 aliphatic heterocycles. The zero-order chi connectivity index (χ0) is 21.6. The van der Waals surface area contributed by atoms with Crippen molar-refractivity contribution < 1.29 is 8.42 Å². The molecule has 0 radical (unpaired) electrons. The van der Waals surface area contributed by atoms with Crippen LogP contribution in [0.3, 0.4) is 0 Å². The van der Waals surface area contributed by atoms with Crippen molar-refractivity contribution in [2.75, 3.05) is 64.7 Å². The highest BCUT2D eigenvalue weighted by atomic mass is 127. The Labute approximate surface area is 205 Å². The van der Waals surface area contributed by atoms with Gasteiger partial charge in [0.25, 0.3) is 0 Å². The third kappa shape index (κ3) is 7.30. The second kappa shape index (κ2) is 11.8. The Morgan fingerprint density at radius 3 is 2.32 bits per heavy atom. The Bertz CT molecular complexity index is 808. The van der Waals surface area contributed by atoms with E-state index in [1.807, 2.05) is 20.8 Å². The van der Waals surface area contributed by atoms with E-state index in [4.69, 9.17) is 4.99 Å². The van der Waals surface area contributed by atoms with E-state index in [0.717, 1.165) is 58.3 Å². The van der Waals surface area contributed by atoms with Crippen molar-refractivity contribution in [3.63, 3.8) is 0 Å². The van der Waals surface area contributed by atoms with E-state index in [1.165, 1.54) is 5.56 Å². The lowest BCUT2D eigenvalue weighted by molar-refractivity contribution is 0.130. The first-order chi connectivity index (χ1) is 14.3. The van der Waals surface area contributed by atoms with Crippen molar-refractivity contribution in [2.45, 2.75) is 32.1 Å². The predicted octanol–water partition coefficient (Wildman–Crippen LogP) is 1.90. The first kappa shape index (κ1) is 26.3. The molecule has 0 aliphatic carbocycles. The molecule has 0 aromatic heterocycles. The average Bonchev–Trinajstić information content (AvgIpc) is 2.71. The van der Waals surface area contributed by atoms with Crippen LogP contribution in [-0.4, -0.2) is 98.5 Å². The summed E-state index contributed by atoms with van der Waals surface area (Å²) in [4.78, 5) is 11.9. The van der Waals surface area contributed by atoms with Crippen molar-refractivity contribution in [1.29, 1.82) is 0 Å². The van der Waals surface area contributed by atoms with Crippen molar-refractivity contribution in [2.24, 2.45) is 4.99 Å². The van der Waals surface area contributed by atoms with Crippen LogP contribution < -0.4 is 5.32 Å². The smallest absolute Gasteiger partial charge is 0.194 e. The number of sulfone groups is 1. The lowest BCUT2D eigenvalue weighted by atomic mass is 10.2. The van der Waals surface area contributed by atoms with Crippen molar-refractivity contribution in [1.82, 2.24) is 20.0 Å². The van der Waals surface area contributed by atoms with E-state index in [1.54, 1.807) is 0 Å². The zero-order valence-corrected chi connectivity index (χ0v) is 22.2. The van der Waals surface area contributed by atoms with Gasteiger partial charge in [-0.25, -0.2) is 8.42 Å². The van der Waals surface area contributed by atoms with Gasteiger partial charge in [-0.15, -0.1) is 24.0 Å². The number of nitrogens with zero attached hydrogens (tertiary/aromatic N) is 4. The fourth-order valence-corrected chi connectivity index (χ4v) is 5.43. The summed E-state index contributed by atoms with van der Waals surface area (Å²) in [6.07, 6.45) is 0. The minimum Gasteiger partial charge on any atom is -0.357 e. The van der Waals surface area contributed by atoms with Crippen LogP contribution >= 0.6 is 24.0 Å². The minimum absolute atomic E-state index is 0. The van der Waals surface area contributed by atoms with Crippen LogP contribution in [0.2, 0.25) is 0 Å². The topological polar surface area (TPSA) is 68.2 Å². The number of hydrogen-bond acceptors (Lipinski definition) is 5. The first-order valence-electron chi connectivity index (χ1n) is 11.0. The summed E-state index contributed by atoms with van der Waals surface area (Å²) in [5, 5.41) is 3.34. The molecule has 31 heavy (non-hydrogen) atoms. The standard InChI is InChI=1S/C22H37N5O2S.HI/c1-4-23-21(27-16-17-30(28,29)22(2,3)19-27)24-10-11-25-12-14-26(15-13-25)18-20-8-6-5-7-9-20;/h5-9H,4,10-19H2,1-3H3,(H,23,24);1H. The van der Waals surface area contributed by atoms with Crippen LogP contribution in [0, 0.1) is 0 Å². The molecule has 0 unspecified atom stereocenters. The summed E-state index contributed by atoms with van der Waals surface area (Å²) >= 11 is 0. The number of aliphatic imine (C=N–C) groups is 1. The molecule has 0 atom stereocenters. The molecule has 2 saturated heterocycles. The molecular formula is C22H38IN5O2S. The van der Waals surface area contributed by atoms with Crippen molar-refractivity contribution in [3.8, 4) is 0 Å². The SMILES string of the molecule is CCNC(=NCCN1CCN(Cc2ccccc2)CC1)N1CCS(=O)(=O)C(C)(C)C1.I. The monoisotopic (exact) mass is 563 g/mol. The van der Waals surface area contributed by atoms with E-state index >= 15 is 0 Å². The Kier molecular flexibility index (Phi) is 10.0. The number of nitrogens with one attached hydrogen (secondary N) is 1. The highest BCUT2D eigenvalue weighted by Gasteiger charge is 2.40. The summed E-state index contributed by atoms with van der Waals surface area (Å²) in [6.45, 7) is 14.4. The minimum atomic E-state index is -3.05. The lowest BCUT2D eigenvalue weighted by Gasteiger charge is -2.39. The maximum atomic E-state index is 12.3. The van der Waals surface area contributed by atoms with E-state index in [9.17, 15) is 8.42 Å². The maximum Gasteiger partial charge on any atom is 0.194 e. The van der Waals surface area contributed by atoms with Crippen LogP contribution in [0.1, 0.15) is 26.3 Å². The van der Waals surface area contributed by atoms with Gasteiger partial charge in [0.05, 0.1) is 17.0 Å². The molecule has 1 N–H and O–H groups in total. The van der Waals surface area contributed by atoms with Gasteiger partial charge in [-0.1, -0.05) is 30.3 Å². The van der Waals surface area contributed by atoms with Crippen LogP contribution in [0.4, 0.5) is 0 Å². The highest BCUT2D eigenvalue weighted by Crippen LogP contribution is 2.23. The normalized spacial score (nSPS) is 22.0. The summed E-state index contributed by atoms with van der Waals surface area (Å²) in [5.74, 6) is 1.02. The molecule has 2 fully saturated rings. The molecule has 0 amide bonds. The Hall–Kier alpha value is -0.910. The van der Waals surface area contributed by atoms with E-state index in [-0.39, 0.29) is 29.7 Å². The Morgan fingerprint density at radius 2 is 1.71 bits per heavy atom. The largest absolute Gasteiger partial charge is 0.357 e. The number of benzene rings is 1. The Morgan fingerprint density at radius 1 is 1.06 bits per heavy atom. The molecule has 2 heterocycles. The van der Waals surface area contributed by atoms with E-state index in [2.05, 4.69) is 50.3 Å². The third-order valence-corrected chi connectivity index (χ3v) is 8.60. The highest BCUT2D eigenvalue weighted by molar-refractivity contribution is 14.0. The third-order valence-electron chi connectivity index (χ3n) is 6.07. The molecule has 1 aromatic carbocycles. The first-order valence-corrected chi connectivity index (χ1v) is 12.7. The molecule has 0 saturated carbocycles. The Balaban J connectivity index is 0.00000341. The van der Waals surface area contributed by atoms with Crippen LogP contribution in [0.5, 0.6) is 0 Å². The van der Waals surface area contributed by atoms with Crippen LogP contribution in [0.25, 0.3) is 0 Å². The molecular weight excluding hydrogens is 525 g/mol. The van der Waals surface area contributed by atoms with Crippen LogP contribution in [-0.2, 0) is 16.4 Å². The zero-order valence-electron chi connectivity index (χ0n) is 19.1. The number of piperazine rings is 1. The molecule has 7 nitrogen and oxygen atoms in total. The predicted molar refractivity (Wildman–Crippen MR) is 139 cm³/mol. The number of halogens is 1. The van der Waals surface area contributed by atoms with Gasteiger partial charge >= 0.3 is 0 Å². The van der Waals surface area contributed by atoms with Gasteiger partial charge in [-0.2, -0.15) is 0 Å². The maximum absolute atomic E-state index is 12.3. The molecule has 2 aliphatic rings. The van der Waals surface area contributed by atoms with Crippen molar-refractivity contribution in [3.05, 3.63) is 35.9 Å². The average molecular weight is 564 g/mol. The molecule has 0 spiro atoms. The molecule has 9 heteroatoms. The quantitative estimate of drug-likeness (QED) is 0.324. The second-order valence-electron chi connectivity index (χ2n) is 8.84. The van der Waals surface area contributed by atoms with Gasteiger partial charge in [0, 0.05) is 58.9 Å². The molecule has 0 bridgehead atoms. The van der Waals surface area contributed by atoms with Gasteiger partial charge in [-0.3, -0.25) is 14.8 Å². The molecule has 1 aromatic rings. The summed E-state index contributed by atoms with van der Waals surface area (Å²) in [6, 6.07) is 10.6. The summed E-state index contributed by atoms with van der Waals surface area (Å²) < 4.78 is 23.8. The number of guanidine groups is 1. The fraction of sp³-hybridized carbons (Fsp3) is 0.682.